The average Bonchev–Trinajstić information content (AvgIpc) is 3.03. The smallest absolute Gasteiger partial charge is 0.279 e. The molecule has 0 unspecified atom stereocenters. The van der Waals surface area contributed by atoms with E-state index in [1.165, 1.54) is 17.8 Å². The first-order valence-electron chi connectivity index (χ1n) is 7.94. The number of hydrogen-bond acceptors (Lipinski definition) is 4. The van der Waals surface area contributed by atoms with Crippen molar-refractivity contribution >= 4 is 51.0 Å². The molecular formula is C17H15BrN2O2S2. The van der Waals surface area contributed by atoms with Crippen molar-refractivity contribution in [1.29, 1.82) is 0 Å². The van der Waals surface area contributed by atoms with Crippen LogP contribution < -0.4 is 10.6 Å². The third-order valence-corrected chi connectivity index (χ3v) is 6.55. The van der Waals surface area contributed by atoms with Gasteiger partial charge in [0.1, 0.15) is 4.88 Å². The zero-order valence-corrected chi connectivity index (χ0v) is 16.0. The molecule has 0 bridgehead atoms. The van der Waals surface area contributed by atoms with Crippen molar-refractivity contribution in [3.8, 4) is 5.88 Å². The molecule has 1 N–H and O–H groups in total. The van der Waals surface area contributed by atoms with E-state index in [0.29, 0.717) is 19.8 Å². The molecule has 4 nitrogen and oxygen atoms in total. The average molecular weight is 423 g/mol. The van der Waals surface area contributed by atoms with Crippen molar-refractivity contribution in [1.82, 2.24) is 4.57 Å². The molecule has 1 aromatic heterocycles. The summed E-state index contributed by atoms with van der Waals surface area (Å²) in [5, 5.41) is 12.2. The van der Waals surface area contributed by atoms with E-state index in [4.69, 9.17) is 12.2 Å². The SMILES string of the molecule is O=C1N=c2ccc(Br)cc2=C1c1sc(=S)n(C2CCCCC2)c1O. The second kappa shape index (κ2) is 6.20. The summed E-state index contributed by atoms with van der Waals surface area (Å²) < 4.78 is 3.33. The number of fused-ring (bicyclic) bond motifs is 1. The second-order valence-corrected chi connectivity index (χ2v) is 8.70. The second-order valence-electron chi connectivity index (χ2n) is 6.14. The van der Waals surface area contributed by atoms with Crippen molar-refractivity contribution in [3.05, 3.63) is 42.1 Å². The number of aromatic hydroxyl groups is 1. The summed E-state index contributed by atoms with van der Waals surface area (Å²) in [6.07, 6.45) is 5.58. The number of carbonyl (C=O) groups is 1. The predicted molar refractivity (Wildman–Crippen MR) is 99.4 cm³/mol. The van der Waals surface area contributed by atoms with Gasteiger partial charge in [-0.1, -0.05) is 35.2 Å². The molecule has 2 aromatic rings. The van der Waals surface area contributed by atoms with Gasteiger partial charge in [0.2, 0.25) is 5.88 Å². The van der Waals surface area contributed by atoms with Gasteiger partial charge < -0.3 is 5.11 Å². The van der Waals surface area contributed by atoms with Gasteiger partial charge in [-0.2, -0.15) is 0 Å². The third-order valence-electron chi connectivity index (χ3n) is 4.65. The molecule has 1 aliphatic carbocycles. The Labute approximate surface area is 156 Å². The van der Waals surface area contributed by atoms with Crippen molar-refractivity contribution in [2.45, 2.75) is 38.1 Å². The Morgan fingerprint density at radius 2 is 2.04 bits per heavy atom. The molecule has 124 valence electrons. The summed E-state index contributed by atoms with van der Waals surface area (Å²) in [4.78, 5) is 17.1. The van der Waals surface area contributed by atoms with Crippen molar-refractivity contribution in [2.75, 3.05) is 0 Å². The quantitative estimate of drug-likeness (QED) is 0.751. The summed E-state index contributed by atoms with van der Waals surface area (Å²) in [7, 11) is 0. The van der Waals surface area contributed by atoms with Crippen LogP contribution in [0.5, 0.6) is 5.88 Å². The summed E-state index contributed by atoms with van der Waals surface area (Å²) in [5.41, 5.74) is 0.453. The van der Waals surface area contributed by atoms with E-state index in [1.54, 1.807) is 6.07 Å². The summed E-state index contributed by atoms with van der Waals surface area (Å²) in [6, 6.07) is 5.76. The Morgan fingerprint density at radius 3 is 2.79 bits per heavy atom. The normalized spacial score (nSPS) is 17.9. The molecule has 1 amide bonds. The van der Waals surface area contributed by atoms with Crippen LogP contribution in [0.4, 0.5) is 0 Å². The maximum absolute atomic E-state index is 12.4. The number of amides is 1. The number of nitrogens with zero attached hydrogens (tertiary/aromatic N) is 2. The molecular weight excluding hydrogens is 408 g/mol. The van der Waals surface area contributed by atoms with Gasteiger partial charge in [0, 0.05) is 15.7 Å². The van der Waals surface area contributed by atoms with Gasteiger partial charge in [0.05, 0.1) is 10.9 Å². The van der Waals surface area contributed by atoms with E-state index in [9.17, 15) is 9.90 Å². The largest absolute Gasteiger partial charge is 0.493 e. The fourth-order valence-electron chi connectivity index (χ4n) is 3.51. The number of rotatable bonds is 2. The van der Waals surface area contributed by atoms with Gasteiger partial charge in [-0.3, -0.25) is 9.36 Å². The molecule has 0 radical (unpaired) electrons. The third kappa shape index (κ3) is 2.59. The first-order chi connectivity index (χ1) is 11.6. The maximum atomic E-state index is 12.4. The lowest BCUT2D eigenvalue weighted by Crippen LogP contribution is -2.22. The Morgan fingerprint density at radius 1 is 1.29 bits per heavy atom. The van der Waals surface area contributed by atoms with E-state index in [2.05, 4.69) is 20.9 Å². The highest BCUT2D eigenvalue weighted by molar-refractivity contribution is 9.10. The van der Waals surface area contributed by atoms with Crippen LogP contribution in [0, 0.1) is 3.95 Å². The summed E-state index contributed by atoms with van der Waals surface area (Å²) in [5.74, 6) is -0.200. The maximum Gasteiger partial charge on any atom is 0.279 e. The molecule has 1 aromatic carbocycles. The highest BCUT2D eigenvalue weighted by Gasteiger charge is 2.28. The molecule has 1 fully saturated rings. The van der Waals surface area contributed by atoms with Gasteiger partial charge in [0.25, 0.3) is 5.91 Å². The number of aromatic nitrogens is 1. The van der Waals surface area contributed by atoms with Crippen molar-refractivity contribution < 1.29 is 9.90 Å². The standard InChI is InChI=1S/C17H15BrN2O2S2/c18-9-6-7-12-11(8-9)13(15(21)19-12)14-16(22)20(17(23)24-14)10-4-2-1-3-5-10/h6-8,10,22H,1-5H2. The lowest BCUT2D eigenvalue weighted by molar-refractivity contribution is -0.112. The van der Waals surface area contributed by atoms with Crippen LogP contribution >= 0.6 is 39.5 Å². The topological polar surface area (TPSA) is 54.6 Å². The molecule has 0 saturated heterocycles. The van der Waals surface area contributed by atoms with Crippen molar-refractivity contribution in [2.24, 2.45) is 4.99 Å². The highest BCUT2D eigenvalue weighted by Crippen LogP contribution is 2.39. The number of carbonyl (C=O) groups excluding carboxylic acids is 1. The fraction of sp³-hybridized carbons (Fsp3) is 0.353. The van der Waals surface area contributed by atoms with Crippen LogP contribution in [0.2, 0.25) is 0 Å². The van der Waals surface area contributed by atoms with Crippen LogP contribution in [0.3, 0.4) is 0 Å². The molecule has 7 heteroatoms. The minimum absolute atomic E-state index is 0.114. The van der Waals surface area contributed by atoms with Gasteiger partial charge in [-0.25, -0.2) is 4.99 Å². The molecule has 1 saturated carbocycles. The van der Waals surface area contributed by atoms with E-state index < -0.39 is 0 Å². The Kier molecular flexibility index (Phi) is 4.18. The summed E-state index contributed by atoms with van der Waals surface area (Å²) >= 11 is 10.2. The Balaban J connectivity index is 1.92. The lowest BCUT2D eigenvalue weighted by atomic mass is 9.95. The van der Waals surface area contributed by atoms with Crippen LogP contribution in [0.1, 0.15) is 43.0 Å². The Hall–Kier alpha value is -1.31. The van der Waals surface area contributed by atoms with Gasteiger partial charge in [0.15, 0.2) is 3.95 Å². The molecule has 2 aliphatic rings. The lowest BCUT2D eigenvalue weighted by Gasteiger charge is -2.23. The molecule has 1 aliphatic heterocycles. The molecule has 0 spiro atoms. The zero-order chi connectivity index (χ0) is 16.8. The number of thiazole rings is 1. The molecule has 2 heterocycles. The number of benzene rings is 1. The fourth-order valence-corrected chi connectivity index (χ4v) is 5.35. The number of hydrogen-bond donors (Lipinski definition) is 1. The monoisotopic (exact) mass is 422 g/mol. The first kappa shape index (κ1) is 16.2. The first-order valence-corrected chi connectivity index (χ1v) is 9.95. The van der Waals surface area contributed by atoms with Gasteiger partial charge in [-0.15, -0.1) is 11.3 Å². The highest BCUT2D eigenvalue weighted by atomic mass is 79.9. The van der Waals surface area contributed by atoms with E-state index in [1.807, 2.05) is 16.7 Å². The van der Waals surface area contributed by atoms with Crippen LogP contribution in [-0.4, -0.2) is 15.6 Å². The van der Waals surface area contributed by atoms with E-state index >= 15 is 0 Å². The zero-order valence-electron chi connectivity index (χ0n) is 12.8. The summed E-state index contributed by atoms with van der Waals surface area (Å²) in [6.45, 7) is 0. The van der Waals surface area contributed by atoms with Crippen LogP contribution in [0.15, 0.2) is 27.7 Å². The molecule has 4 rings (SSSR count). The predicted octanol–water partition coefficient (Wildman–Crippen LogP) is 3.61. The minimum Gasteiger partial charge on any atom is -0.493 e. The van der Waals surface area contributed by atoms with Gasteiger partial charge >= 0.3 is 0 Å². The molecule has 0 atom stereocenters. The van der Waals surface area contributed by atoms with Crippen LogP contribution in [-0.2, 0) is 4.79 Å². The van der Waals surface area contributed by atoms with E-state index in [0.717, 1.165) is 35.4 Å². The molecule has 24 heavy (non-hydrogen) atoms. The van der Waals surface area contributed by atoms with Crippen LogP contribution in [0.25, 0.3) is 5.57 Å². The Bertz CT molecular complexity index is 1020. The van der Waals surface area contributed by atoms with E-state index in [-0.39, 0.29) is 17.8 Å². The van der Waals surface area contributed by atoms with Crippen molar-refractivity contribution in [3.63, 3.8) is 0 Å². The number of halogens is 1. The minimum atomic E-state index is -0.314. The van der Waals surface area contributed by atoms with Gasteiger partial charge in [-0.05, 0) is 43.3 Å².